The van der Waals surface area contributed by atoms with Crippen molar-refractivity contribution < 1.29 is 42.2 Å². The Morgan fingerprint density at radius 2 is 2.03 bits per heavy atom. The molecule has 2 atom stereocenters. The van der Waals surface area contributed by atoms with Gasteiger partial charge >= 0.3 is 18.1 Å². The molecule has 0 spiro atoms. The van der Waals surface area contributed by atoms with Crippen LogP contribution in [0.25, 0.3) is 0 Å². The number of hydrogen-bond acceptors (Lipinski definition) is 7. The maximum absolute atomic E-state index is 12.9. The second-order valence-corrected chi connectivity index (χ2v) is 8.38. The summed E-state index contributed by atoms with van der Waals surface area (Å²) in [7, 11) is 0. The van der Waals surface area contributed by atoms with Gasteiger partial charge in [0.15, 0.2) is 5.69 Å². The van der Waals surface area contributed by atoms with Crippen LogP contribution in [0.2, 0.25) is 5.02 Å². The molecule has 0 aliphatic carbocycles. The second-order valence-electron chi connectivity index (χ2n) is 6.90. The van der Waals surface area contributed by atoms with Crippen molar-refractivity contribution >= 4 is 47.1 Å². The number of fused-ring (bicyclic) bond motifs is 1. The fourth-order valence-electron chi connectivity index (χ4n) is 3.20. The van der Waals surface area contributed by atoms with E-state index in [9.17, 15) is 37.5 Å². The zero-order valence-electron chi connectivity index (χ0n) is 16.5. The van der Waals surface area contributed by atoms with Gasteiger partial charge in [-0.25, -0.2) is 4.79 Å². The molecule has 10 nitrogen and oxygen atoms in total. The SMILES string of the molecule is CC(=O)OCC1=C(C(=O)O)N2C(=O)[C@@H](NC(=O)Cn3nc(C(F)(F)F)c(Cl)c3C)[C@@H]2SC1. The average Bonchev–Trinajstić information content (AvgIpc) is 2.98. The molecule has 2 aliphatic rings. The lowest BCUT2D eigenvalue weighted by molar-refractivity contribution is -0.151. The quantitative estimate of drug-likeness (QED) is 0.443. The molecule has 3 rings (SSSR count). The van der Waals surface area contributed by atoms with Gasteiger partial charge in [-0.3, -0.25) is 24.0 Å². The summed E-state index contributed by atoms with van der Waals surface area (Å²) in [5.41, 5.74) is -1.49. The molecule has 2 amide bonds. The highest BCUT2D eigenvalue weighted by molar-refractivity contribution is 8.00. The van der Waals surface area contributed by atoms with Crippen LogP contribution in [0, 0.1) is 6.92 Å². The van der Waals surface area contributed by atoms with Crippen molar-refractivity contribution in [1.29, 1.82) is 0 Å². The molecular formula is C17H16ClF3N4O6S. The van der Waals surface area contributed by atoms with Gasteiger partial charge in [-0.1, -0.05) is 11.6 Å². The van der Waals surface area contributed by atoms with E-state index >= 15 is 0 Å². The first kappa shape index (κ1) is 23.9. The van der Waals surface area contributed by atoms with Crippen LogP contribution in [0.4, 0.5) is 13.2 Å². The Bertz CT molecular complexity index is 1040. The highest BCUT2D eigenvalue weighted by Crippen LogP contribution is 2.40. The largest absolute Gasteiger partial charge is 0.477 e. The van der Waals surface area contributed by atoms with Crippen molar-refractivity contribution in [3.05, 3.63) is 27.7 Å². The first-order valence-electron chi connectivity index (χ1n) is 8.95. The van der Waals surface area contributed by atoms with E-state index < -0.39 is 58.6 Å². The third kappa shape index (κ3) is 4.41. The number of aliphatic carboxylic acids is 1. The molecule has 0 saturated carbocycles. The van der Waals surface area contributed by atoms with Crippen molar-refractivity contribution in [2.45, 2.75) is 38.0 Å². The molecule has 1 saturated heterocycles. The summed E-state index contributed by atoms with van der Waals surface area (Å²) in [6.45, 7) is 1.51. The Labute approximate surface area is 187 Å². The van der Waals surface area contributed by atoms with E-state index in [1.807, 2.05) is 0 Å². The molecule has 15 heteroatoms. The number of β-lactam (4-membered cyclic amide) rings is 1. The van der Waals surface area contributed by atoms with Crippen LogP contribution in [-0.2, 0) is 36.6 Å². The molecule has 174 valence electrons. The molecule has 1 aromatic rings. The van der Waals surface area contributed by atoms with Crippen LogP contribution >= 0.6 is 23.4 Å². The number of nitrogens with zero attached hydrogens (tertiary/aromatic N) is 3. The molecule has 0 radical (unpaired) electrons. The van der Waals surface area contributed by atoms with E-state index in [-0.39, 0.29) is 29.3 Å². The lowest BCUT2D eigenvalue weighted by atomic mass is 10.0. The number of amides is 2. The number of carbonyl (C=O) groups is 4. The van der Waals surface area contributed by atoms with Crippen LogP contribution in [0.5, 0.6) is 0 Å². The number of nitrogens with one attached hydrogen (secondary N) is 1. The number of ether oxygens (including phenoxy) is 1. The zero-order chi connectivity index (χ0) is 24.0. The van der Waals surface area contributed by atoms with Crippen molar-refractivity contribution in [3.63, 3.8) is 0 Å². The van der Waals surface area contributed by atoms with Gasteiger partial charge in [0.2, 0.25) is 5.91 Å². The van der Waals surface area contributed by atoms with Crippen LogP contribution in [-0.4, -0.2) is 67.3 Å². The number of esters is 1. The van der Waals surface area contributed by atoms with E-state index in [0.717, 1.165) is 28.3 Å². The monoisotopic (exact) mass is 496 g/mol. The number of carbonyl (C=O) groups excluding carboxylic acids is 3. The Morgan fingerprint density at radius 1 is 1.38 bits per heavy atom. The smallest absolute Gasteiger partial charge is 0.436 e. The third-order valence-corrected chi connectivity index (χ3v) is 6.50. The van der Waals surface area contributed by atoms with Gasteiger partial charge in [0, 0.05) is 18.2 Å². The summed E-state index contributed by atoms with van der Waals surface area (Å²) in [5, 5.41) is 13.9. The number of carboxylic acid groups (broad SMARTS) is 1. The second kappa shape index (κ2) is 8.65. The highest BCUT2D eigenvalue weighted by atomic mass is 35.5. The Balaban J connectivity index is 1.71. The summed E-state index contributed by atoms with van der Waals surface area (Å²) >= 11 is 6.81. The van der Waals surface area contributed by atoms with Crippen molar-refractivity contribution in [2.75, 3.05) is 12.4 Å². The van der Waals surface area contributed by atoms with Gasteiger partial charge in [0.1, 0.15) is 30.3 Å². The van der Waals surface area contributed by atoms with Crippen molar-refractivity contribution in [3.8, 4) is 0 Å². The van der Waals surface area contributed by atoms with Gasteiger partial charge in [0.25, 0.3) is 5.91 Å². The minimum atomic E-state index is -4.80. The number of rotatable bonds is 6. The fraction of sp³-hybridized carbons (Fsp3) is 0.471. The van der Waals surface area contributed by atoms with Gasteiger partial charge in [0.05, 0.1) is 10.7 Å². The molecule has 1 aromatic heterocycles. The maximum atomic E-state index is 12.9. The lowest BCUT2D eigenvalue weighted by Crippen LogP contribution is -2.70. The molecular weight excluding hydrogens is 481 g/mol. The standard InChI is InChI=1S/C17H16ClF3N4O6S/c1-6-10(18)13(17(19,20)21)23-24(6)3-9(27)22-11-14(28)25-12(16(29)30)8(4-31-7(2)26)5-32-15(11)25/h11,15H,3-5H2,1-2H3,(H,22,27)(H,29,30)/t11-,15+/m1/s1. The van der Waals surface area contributed by atoms with Crippen LogP contribution < -0.4 is 5.32 Å². The maximum Gasteiger partial charge on any atom is 0.436 e. The molecule has 32 heavy (non-hydrogen) atoms. The number of aromatic nitrogens is 2. The van der Waals surface area contributed by atoms with Crippen LogP contribution in [0.3, 0.4) is 0 Å². The molecule has 1 fully saturated rings. The van der Waals surface area contributed by atoms with E-state index in [1.54, 1.807) is 0 Å². The zero-order valence-corrected chi connectivity index (χ0v) is 18.1. The number of carboxylic acids is 1. The van der Waals surface area contributed by atoms with Gasteiger partial charge < -0.3 is 15.2 Å². The molecule has 3 heterocycles. The third-order valence-electron chi connectivity index (χ3n) is 4.71. The molecule has 0 unspecified atom stereocenters. The Morgan fingerprint density at radius 3 is 2.56 bits per heavy atom. The summed E-state index contributed by atoms with van der Waals surface area (Å²) in [6, 6.07) is -1.08. The van der Waals surface area contributed by atoms with Gasteiger partial charge in [-0.05, 0) is 6.92 Å². The van der Waals surface area contributed by atoms with Gasteiger partial charge in [-0.2, -0.15) is 18.3 Å². The number of thioether (sulfide) groups is 1. The van der Waals surface area contributed by atoms with Crippen molar-refractivity contribution in [2.24, 2.45) is 0 Å². The average molecular weight is 497 g/mol. The molecule has 0 bridgehead atoms. The Hall–Kier alpha value is -2.74. The Kier molecular flexibility index (Phi) is 6.47. The van der Waals surface area contributed by atoms with E-state index in [1.165, 1.54) is 6.92 Å². The summed E-state index contributed by atoms with van der Waals surface area (Å²) in [5.74, 6) is -3.38. The summed E-state index contributed by atoms with van der Waals surface area (Å²) in [6.07, 6.45) is -4.80. The molecule has 2 N–H and O–H groups in total. The van der Waals surface area contributed by atoms with Crippen LogP contribution in [0.15, 0.2) is 11.3 Å². The van der Waals surface area contributed by atoms with E-state index in [4.69, 9.17) is 16.3 Å². The topological polar surface area (TPSA) is 131 Å². The number of hydrogen-bond donors (Lipinski definition) is 2. The number of halogens is 4. The molecule has 2 aliphatic heterocycles. The normalized spacial score (nSPS) is 20.6. The first-order valence-corrected chi connectivity index (χ1v) is 10.4. The minimum absolute atomic E-state index is 0.0750. The van der Waals surface area contributed by atoms with Crippen LogP contribution in [0.1, 0.15) is 18.3 Å². The number of alkyl halides is 3. The minimum Gasteiger partial charge on any atom is -0.477 e. The summed E-state index contributed by atoms with van der Waals surface area (Å²) < 4.78 is 44.4. The summed E-state index contributed by atoms with van der Waals surface area (Å²) in [4.78, 5) is 48.5. The fourth-order valence-corrected chi connectivity index (χ4v) is 4.77. The van der Waals surface area contributed by atoms with Crippen molar-refractivity contribution in [1.82, 2.24) is 20.0 Å². The highest BCUT2D eigenvalue weighted by Gasteiger charge is 2.54. The van der Waals surface area contributed by atoms with Gasteiger partial charge in [-0.15, -0.1) is 11.8 Å². The van der Waals surface area contributed by atoms with E-state index in [0.29, 0.717) is 0 Å². The van der Waals surface area contributed by atoms with E-state index in [2.05, 4.69) is 10.4 Å². The predicted octanol–water partition coefficient (Wildman–Crippen LogP) is 1.17. The predicted molar refractivity (Wildman–Crippen MR) is 103 cm³/mol. The molecule has 0 aromatic carbocycles. The first-order chi connectivity index (χ1) is 14.8. The lowest BCUT2D eigenvalue weighted by Gasteiger charge is -2.49.